The van der Waals surface area contributed by atoms with E-state index in [2.05, 4.69) is 23.8 Å². The molecule has 0 saturated heterocycles. The minimum absolute atomic E-state index is 0.272. The lowest BCUT2D eigenvalue weighted by molar-refractivity contribution is 0.0961. The minimum Gasteiger partial charge on any atom is -0.473 e. The lowest BCUT2D eigenvalue weighted by Gasteiger charge is -2.31. The van der Waals surface area contributed by atoms with Gasteiger partial charge >= 0.3 is 0 Å². The molecule has 0 aromatic carbocycles. The third-order valence-corrected chi connectivity index (χ3v) is 3.50. The summed E-state index contributed by atoms with van der Waals surface area (Å²) in [6.07, 6.45) is 7.13. The molecule has 1 aromatic rings. The highest BCUT2D eigenvalue weighted by atomic mass is 35.5. The van der Waals surface area contributed by atoms with Gasteiger partial charge in [-0.3, -0.25) is 4.98 Å². The SMILES string of the molecule is CC1CC(C)CC(Oc2cncc(CCl)n2)C1. The Hall–Kier alpha value is -0.830. The van der Waals surface area contributed by atoms with E-state index >= 15 is 0 Å². The Morgan fingerprint density at radius 3 is 2.59 bits per heavy atom. The first-order valence-corrected chi connectivity index (χ1v) is 6.74. The van der Waals surface area contributed by atoms with Crippen molar-refractivity contribution in [1.82, 2.24) is 9.97 Å². The third kappa shape index (κ3) is 3.56. The molecule has 1 saturated carbocycles. The van der Waals surface area contributed by atoms with E-state index in [1.165, 1.54) is 6.42 Å². The Kier molecular flexibility index (Phi) is 4.21. The van der Waals surface area contributed by atoms with E-state index in [0.29, 0.717) is 11.8 Å². The normalized spacial score (nSPS) is 29.0. The van der Waals surface area contributed by atoms with Crippen LogP contribution in [0.4, 0.5) is 0 Å². The fraction of sp³-hybridized carbons (Fsp3) is 0.692. The average molecular weight is 255 g/mol. The summed E-state index contributed by atoms with van der Waals surface area (Å²) in [6, 6.07) is 0. The van der Waals surface area contributed by atoms with Crippen LogP contribution in [-0.2, 0) is 5.88 Å². The highest BCUT2D eigenvalue weighted by Gasteiger charge is 2.25. The largest absolute Gasteiger partial charge is 0.473 e. The predicted molar refractivity (Wildman–Crippen MR) is 68.2 cm³/mol. The molecule has 17 heavy (non-hydrogen) atoms. The Labute approximate surface area is 108 Å². The van der Waals surface area contributed by atoms with Gasteiger partial charge in [0.05, 0.1) is 17.8 Å². The molecule has 1 aliphatic carbocycles. The average Bonchev–Trinajstić information content (AvgIpc) is 2.28. The van der Waals surface area contributed by atoms with Crippen LogP contribution in [0.3, 0.4) is 0 Å². The minimum atomic E-state index is 0.272. The van der Waals surface area contributed by atoms with Crippen LogP contribution < -0.4 is 4.74 Å². The van der Waals surface area contributed by atoms with Gasteiger partial charge in [-0.15, -0.1) is 11.6 Å². The van der Waals surface area contributed by atoms with Crippen molar-refractivity contribution < 1.29 is 4.74 Å². The predicted octanol–water partition coefficient (Wildman–Crippen LogP) is 3.42. The molecule has 1 fully saturated rings. The van der Waals surface area contributed by atoms with E-state index in [-0.39, 0.29) is 6.10 Å². The van der Waals surface area contributed by atoms with Gasteiger partial charge in [-0.1, -0.05) is 13.8 Å². The number of rotatable bonds is 3. The van der Waals surface area contributed by atoms with Crippen molar-refractivity contribution in [2.24, 2.45) is 11.8 Å². The third-order valence-electron chi connectivity index (χ3n) is 3.22. The Balaban J connectivity index is 1.99. The van der Waals surface area contributed by atoms with E-state index in [0.717, 1.165) is 30.4 Å². The van der Waals surface area contributed by atoms with Crippen molar-refractivity contribution in [2.45, 2.75) is 45.1 Å². The number of hydrogen-bond acceptors (Lipinski definition) is 3. The molecule has 1 heterocycles. The topological polar surface area (TPSA) is 35.0 Å². The van der Waals surface area contributed by atoms with Crippen LogP contribution in [-0.4, -0.2) is 16.1 Å². The molecule has 0 aliphatic heterocycles. The van der Waals surface area contributed by atoms with Crippen molar-refractivity contribution in [3.8, 4) is 5.88 Å². The van der Waals surface area contributed by atoms with E-state index in [1.807, 2.05) is 0 Å². The molecule has 94 valence electrons. The second-order valence-corrected chi connectivity index (χ2v) is 5.41. The number of ether oxygens (including phenoxy) is 1. The summed E-state index contributed by atoms with van der Waals surface area (Å²) in [7, 11) is 0. The molecule has 2 atom stereocenters. The number of alkyl halides is 1. The van der Waals surface area contributed by atoms with E-state index < -0.39 is 0 Å². The molecule has 0 radical (unpaired) electrons. The maximum Gasteiger partial charge on any atom is 0.232 e. The monoisotopic (exact) mass is 254 g/mol. The number of aromatic nitrogens is 2. The summed E-state index contributed by atoms with van der Waals surface area (Å²) in [5.74, 6) is 2.44. The molecule has 3 nitrogen and oxygen atoms in total. The van der Waals surface area contributed by atoms with E-state index in [4.69, 9.17) is 16.3 Å². The quantitative estimate of drug-likeness (QED) is 0.776. The Bertz CT molecular complexity index is 362. The summed E-state index contributed by atoms with van der Waals surface area (Å²) in [6.45, 7) is 4.57. The maximum absolute atomic E-state index is 5.91. The van der Waals surface area contributed by atoms with Crippen LogP contribution in [0.25, 0.3) is 0 Å². The van der Waals surface area contributed by atoms with Gasteiger partial charge in [0.25, 0.3) is 0 Å². The van der Waals surface area contributed by atoms with Crippen molar-refractivity contribution in [3.05, 3.63) is 18.1 Å². The maximum atomic E-state index is 5.91. The standard InChI is InChI=1S/C13H19ClN2O/c1-9-3-10(2)5-12(4-9)17-13-8-15-7-11(6-14)16-13/h7-10,12H,3-6H2,1-2H3. The summed E-state index contributed by atoms with van der Waals surface area (Å²) in [5, 5.41) is 0. The summed E-state index contributed by atoms with van der Waals surface area (Å²) >= 11 is 5.73. The van der Waals surface area contributed by atoms with E-state index in [9.17, 15) is 0 Å². The first-order chi connectivity index (χ1) is 8.17. The second-order valence-electron chi connectivity index (χ2n) is 5.14. The van der Waals surface area contributed by atoms with E-state index in [1.54, 1.807) is 12.4 Å². The zero-order chi connectivity index (χ0) is 12.3. The summed E-state index contributed by atoms with van der Waals surface area (Å²) < 4.78 is 5.91. The number of nitrogens with zero attached hydrogens (tertiary/aromatic N) is 2. The molecule has 1 aliphatic rings. The van der Waals surface area contributed by atoms with Crippen LogP contribution in [0.2, 0.25) is 0 Å². The van der Waals surface area contributed by atoms with Crippen molar-refractivity contribution in [1.29, 1.82) is 0 Å². The van der Waals surface area contributed by atoms with Gasteiger partial charge in [-0.25, -0.2) is 4.98 Å². The second kappa shape index (κ2) is 5.67. The number of halogens is 1. The van der Waals surface area contributed by atoms with Gasteiger partial charge in [0.2, 0.25) is 5.88 Å². The first-order valence-electron chi connectivity index (χ1n) is 6.21. The van der Waals surface area contributed by atoms with Crippen molar-refractivity contribution >= 4 is 11.6 Å². The van der Waals surface area contributed by atoms with Crippen LogP contribution in [0.1, 0.15) is 38.8 Å². The van der Waals surface area contributed by atoms with Crippen molar-refractivity contribution in [3.63, 3.8) is 0 Å². The van der Waals surface area contributed by atoms with Crippen LogP contribution >= 0.6 is 11.6 Å². The fourth-order valence-corrected chi connectivity index (χ4v) is 2.78. The fourth-order valence-electron chi connectivity index (χ4n) is 2.65. The van der Waals surface area contributed by atoms with Gasteiger partial charge in [-0.2, -0.15) is 0 Å². The van der Waals surface area contributed by atoms with Crippen LogP contribution in [0.15, 0.2) is 12.4 Å². The van der Waals surface area contributed by atoms with Crippen molar-refractivity contribution in [2.75, 3.05) is 0 Å². The molecular formula is C13H19ClN2O. The molecule has 0 amide bonds. The Morgan fingerprint density at radius 1 is 1.24 bits per heavy atom. The summed E-state index contributed by atoms with van der Waals surface area (Å²) in [5.41, 5.74) is 0.765. The lowest BCUT2D eigenvalue weighted by atomic mass is 9.82. The van der Waals surface area contributed by atoms with Crippen LogP contribution in [0, 0.1) is 11.8 Å². The van der Waals surface area contributed by atoms with Gasteiger partial charge in [0.1, 0.15) is 6.10 Å². The first kappa shape index (κ1) is 12.6. The highest BCUT2D eigenvalue weighted by Crippen LogP contribution is 2.30. The molecule has 2 unspecified atom stereocenters. The zero-order valence-electron chi connectivity index (χ0n) is 10.4. The Morgan fingerprint density at radius 2 is 1.94 bits per heavy atom. The van der Waals surface area contributed by atoms with Crippen LogP contribution in [0.5, 0.6) is 5.88 Å². The molecular weight excluding hydrogens is 236 g/mol. The summed E-state index contributed by atoms with van der Waals surface area (Å²) in [4.78, 5) is 8.41. The molecule has 4 heteroatoms. The molecule has 1 aromatic heterocycles. The molecule has 0 bridgehead atoms. The number of hydrogen-bond donors (Lipinski definition) is 0. The molecule has 0 N–H and O–H groups in total. The molecule has 2 rings (SSSR count). The lowest BCUT2D eigenvalue weighted by Crippen LogP contribution is -2.28. The van der Waals surface area contributed by atoms with Gasteiger partial charge in [-0.05, 0) is 31.1 Å². The zero-order valence-corrected chi connectivity index (χ0v) is 11.2. The van der Waals surface area contributed by atoms with Gasteiger partial charge in [0.15, 0.2) is 0 Å². The smallest absolute Gasteiger partial charge is 0.232 e. The molecule has 0 spiro atoms. The van der Waals surface area contributed by atoms with Gasteiger partial charge in [0, 0.05) is 6.20 Å². The highest BCUT2D eigenvalue weighted by molar-refractivity contribution is 6.16. The van der Waals surface area contributed by atoms with Gasteiger partial charge < -0.3 is 4.74 Å².